The molecule has 0 saturated carbocycles. The Bertz CT molecular complexity index is 441. The van der Waals surface area contributed by atoms with E-state index in [-0.39, 0.29) is 5.91 Å². The molecule has 0 aliphatic carbocycles. The van der Waals surface area contributed by atoms with E-state index >= 15 is 0 Å². The van der Waals surface area contributed by atoms with Crippen LogP contribution in [0.3, 0.4) is 0 Å². The fourth-order valence-electron chi connectivity index (χ4n) is 1.43. The van der Waals surface area contributed by atoms with E-state index in [2.05, 4.69) is 5.32 Å². The van der Waals surface area contributed by atoms with Gasteiger partial charge in [-0.15, -0.1) is 0 Å². The number of nitrogens with two attached hydrogens (primary N) is 1. The minimum Gasteiger partial charge on any atom is -0.496 e. The van der Waals surface area contributed by atoms with Crippen molar-refractivity contribution in [3.05, 3.63) is 28.8 Å². The van der Waals surface area contributed by atoms with Gasteiger partial charge in [0.1, 0.15) is 5.75 Å². The van der Waals surface area contributed by atoms with Gasteiger partial charge in [-0.2, -0.15) is 0 Å². The number of rotatable bonds is 3. The summed E-state index contributed by atoms with van der Waals surface area (Å²) in [6.07, 6.45) is 0. The van der Waals surface area contributed by atoms with Gasteiger partial charge in [-0.05, 0) is 24.6 Å². The lowest BCUT2D eigenvalue weighted by molar-refractivity contribution is 0.0960. The molecule has 0 radical (unpaired) electrons. The third kappa shape index (κ3) is 2.13. The van der Waals surface area contributed by atoms with Crippen molar-refractivity contribution < 1.29 is 14.3 Å². The van der Waals surface area contributed by atoms with Crippen LogP contribution in [0.2, 0.25) is 0 Å². The van der Waals surface area contributed by atoms with Crippen LogP contribution in [0.4, 0.5) is 0 Å². The average Bonchev–Trinajstić information content (AvgIpc) is 2.27. The highest BCUT2D eigenvalue weighted by molar-refractivity contribution is 6.01. The van der Waals surface area contributed by atoms with E-state index in [1.54, 1.807) is 13.0 Å². The molecule has 0 aromatic heterocycles. The monoisotopic (exact) mass is 222 g/mol. The van der Waals surface area contributed by atoms with Crippen LogP contribution in [0.1, 0.15) is 26.3 Å². The number of nitrogens with one attached hydrogen (secondary N) is 1. The maximum atomic E-state index is 11.5. The molecular weight excluding hydrogens is 208 g/mol. The largest absolute Gasteiger partial charge is 0.496 e. The molecule has 2 amide bonds. The fraction of sp³-hybridized carbons (Fsp3) is 0.273. The van der Waals surface area contributed by atoms with Crippen LogP contribution in [-0.2, 0) is 0 Å². The van der Waals surface area contributed by atoms with E-state index in [4.69, 9.17) is 10.5 Å². The molecule has 0 heterocycles. The molecule has 0 spiro atoms. The Balaban J connectivity index is 3.40. The summed E-state index contributed by atoms with van der Waals surface area (Å²) < 4.78 is 5.07. The lowest BCUT2D eigenvalue weighted by Gasteiger charge is -2.10. The molecule has 16 heavy (non-hydrogen) atoms. The molecule has 0 aliphatic rings. The van der Waals surface area contributed by atoms with E-state index in [0.29, 0.717) is 22.4 Å². The summed E-state index contributed by atoms with van der Waals surface area (Å²) in [5.41, 5.74) is 6.50. The van der Waals surface area contributed by atoms with Gasteiger partial charge in [-0.1, -0.05) is 0 Å². The highest BCUT2D eigenvalue weighted by atomic mass is 16.5. The first kappa shape index (κ1) is 12.0. The first-order valence-corrected chi connectivity index (χ1v) is 4.71. The lowest BCUT2D eigenvalue weighted by Crippen LogP contribution is -2.21. The van der Waals surface area contributed by atoms with Gasteiger partial charge >= 0.3 is 0 Å². The first-order chi connectivity index (χ1) is 7.51. The first-order valence-electron chi connectivity index (χ1n) is 4.71. The van der Waals surface area contributed by atoms with Crippen LogP contribution < -0.4 is 15.8 Å². The minimum atomic E-state index is -0.565. The minimum absolute atomic E-state index is 0.296. The van der Waals surface area contributed by atoms with Crippen LogP contribution in [0.25, 0.3) is 0 Å². The molecule has 0 fully saturated rings. The molecule has 86 valence electrons. The second-order valence-corrected chi connectivity index (χ2v) is 3.31. The van der Waals surface area contributed by atoms with Crippen molar-refractivity contribution in [2.24, 2.45) is 5.73 Å². The number of hydrogen-bond donors (Lipinski definition) is 2. The smallest absolute Gasteiger partial charge is 0.254 e. The third-order valence-electron chi connectivity index (χ3n) is 2.28. The zero-order valence-electron chi connectivity index (χ0n) is 9.46. The van der Waals surface area contributed by atoms with Crippen LogP contribution in [-0.4, -0.2) is 26.0 Å². The predicted molar refractivity (Wildman–Crippen MR) is 59.6 cm³/mol. The average molecular weight is 222 g/mol. The number of aryl methyl sites for hydroxylation is 1. The Morgan fingerprint density at radius 2 is 1.94 bits per heavy atom. The van der Waals surface area contributed by atoms with Crippen LogP contribution in [0.15, 0.2) is 12.1 Å². The molecule has 5 nitrogen and oxygen atoms in total. The maximum Gasteiger partial charge on any atom is 0.254 e. The number of carbonyl (C=O) groups excluding carboxylic acids is 2. The molecule has 1 aromatic rings. The number of amides is 2. The molecule has 5 heteroatoms. The second-order valence-electron chi connectivity index (χ2n) is 3.31. The quantitative estimate of drug-likeness (QED) is 0.779. The lowest BCUT2D eigenvalue weighted by atomic mass is 10.0. The van der Waals surface area contributed by atoms with Gasteiger partial charge < -0.3 is 15.8 Å². The Labute approximate surface area is 93.6 Å². The summed E-state index contributed by atoms with van der Waals surface area (Å²) in [5.74, 6) is -0.466. The van der Waals surface area contributed by atoms with Crippen molar-refractivity contribution in [2.75, 3.05) is 14.2 Å². The van der Waals surface area contributed by atoms with Crippen molar-refractivity contribution in [1.82, 2.24) is 5.32 Å². The van der Waals surface area contributed by atoms with Gasteiger partial charge in [0.2, 0.25) is 5.91 Å². The second kappa shape index (κ2) is 4.65. The standard InChI is InChI=1S/C11H14N2O3/c1-6-4-9(16-3)8(11(15)13-2)5-7(6)10(12)14/h4-5H,1-3H3,(H2,12,14)(H,13,15). The summed E-state index contributed by atoms with van der Waals surface area (Å²) in [7, 11) is 2.97. The van der Waals surface area contributed by atoms with Gasteiger partial charge in [0.25, 0.3) is 5.91 Å². The fourth-order valence-corrected chi connectivity index (χ4v) is 1.43. The zero-order valence-corrected chi connectivity index (χ0v) is 9.46. The Kier molecular flexibility index (Phi) is 3.50. The highest BCUT2D eigenvalue weighted by Crippen LogP contribution is 2.23. The summed E-state index contributed by atoms with van der Waals surface area (Å²) in [6, 6.07) is 3.06. The van der Waals surface area contributed by atoms with Gasteiger partial charge in [-0.25, -0.2) is 0 Å². The van der Waals surface area contributed by atoms with Crippen molar-refractivity contribution in [3.8, 4) is 5.75 Å². The van der Waals surface area contributed by atoms with E-state index in [1.807, 2.05) is 0 Å². The Hall–Kier alpha value is -2.04. The number of primary amides is 1. The molecule has 0 aliphatic heterocycles. The Morgan fingerprint density at radius 1 is 1.31 bits per heavy atom. The third-order valence-corrected chi connectivity index (χ3v) is 2.28. The number of benzene rings is 1. The summed E-state index contributed by atoms with van der Waals surface area (Å²) in [4.78, 5) is 22.7. The zero-order chi connectivity index (χ0) is 12.3. The van der Waals surface area contributed by atoms with Crippen molar-refractivity contribution in [3.63, 3.8) is 0 Å². The summed E-state index contributed by atoms with van der Waals surface area (Å²) >= 11 is 0. The Morgan fingerprint density at radius 3 is 2.38 bits per heavy atom. The van der Waals surface area contributed by atoms with Crippen LogP contribution in [0.5, 0.6) is 5.75 Å². The summed E-state index contributed by atoms with van der Waals surface area (Å²) in [5, 5.41) is 2.47. The van der Waals surface area contributed by atoms with Crippen molar-refractivity contribution in [1.29, 1.82) is 0 Å². The van der Waals surface area contributed by atoms with E-state index in [0.717, 1.165) is 0 Å². The molecular formula is C11H14N2O3. The molecule has 1 aromatic carbocycles. The van der Waals surface area contributed by atoms with E-state index in [1.165, 1.54) is 20.2 Å². The molecule has 0 bridgehead atoms. The number of carbonyl (C=O) groups is 2. The highest BCUT2D eigenvalue weighted by Gasteiger charge is 2.16. The van der Waals surface area contributed by atoms with Gasteiger partial charge in [-0.3, -0.25) is 9.59 Å². The number of ether oxygens (including phenoxy) is 1. The van der Waals surface area contributed by atoms with Crippen LogP contribution >= 0.6 is 0 Å². The molecule has 1 rings (SSSR count). The predicted octanol–water partition coefficient (Wildman–Crippen LogP) is 0.462. The van der Waals surface area contributed by atoms with Gasteiger partial charge in [0.15, 0.2) is 0 Å². The molecule has 3 N–H and O–H groups in total. The maximum absolute atomic E-state index is 11.5. The normalized spacial score (nSPS) is 9.69. The molecule has 0 unspecified atom stereocenters. The van der Waals surface area contributed by atoms with Crippen molar-refractivity contribution >= 4 is 11.8 Å². The molecule has 0 atom stereocenters. The molecule has 0 saturated heterocycles. The SMILES string of the molecule is CNC(=O)c1cc(C(N)=O)c(C)cc1OC. The van der Waals surface area contributed by atoms with Gasteiger partial charge in [0.05, 0.1) is 12.7 Å². The number of methoxy groups -OCH3 is 1. The van der Waals surface area contributed by atoms with E-state index in [9.17, 15) is 9.59 Å². The van der Waals surface area contributed by atoms with Crippen LogP contribution in [0, 0.1) is 6.92 Å². The van der Waals surface area contributed by atoms with Gasteiger partial charge in [0, 0.05) is 12.6 Å². The summed E-state index contributed by atoms with van der Waals surface area (Å²) in [6.45, 7) is 1.73. The number of hydrogen-bond acceptors (Lipinski definition) is 3. The topological polar surface area (TPSA) is 81.4 Å². The van der Waals surface area contributed by atoms with E-state index < -0.39 is 5.91 Å². The van der Waals surface area contributed by atoms with Crippen molar-refractivity contribution in [2.45, 2.75) is 6.92 Å².